The number of halogens is 4. The lowest BCUT2D eigenvalue weighted by Gasteiger charge is -2.06. The molecule has 26 heavy (non-hydrogen) atoms. The van der Waals surface area contributed by atoms with Crippen molar-refractivity contribution in [2.45, 2.75) is 13.1 Å². The summed E-state index contributed by atoms with van der Waals surface area (Å²) < 4.78 is 55.2. The molecule has 0 aliphatic rings. The molecule has 2 aromatic heterocycles. The van der Waals surface area contributed by atoms with E-state index in [2.05, 4.69) is 10.1 Å². The van der Waals surface area contributed by atoms with Crippen molar-refractivity contribution in [1.29, 1.82) is 0 Å². The normalized spacial score (nSPS) is 12.0. The van der Waals surface area contributed by atoms with Gasteiger partial charge < -0.3 is 0 Å². The molecule has 2 heterocycles. The molecule has 8 heteroatoms. The Balaban J connectivity index is 1.89. The maximum Gasteiger partial charge on any atom is 0.433 e. The number of hydrogen-bond donors (Lipinski definition) is 0. The van der Waals surface area contributed by atoms with Crippen LogP contribution in [0.1, 0.15) is 11.3 Å². The molecule has 3 nitrogen and oxygen atoms in total. The van der Waals surface area contributed by atoms with Crippen LogP contribution in [0.2, 0.25) is 0 Å². The van der Waals surface area contributed by atoms with Gasteiger partial charge in [0.1, 0.15) is 5.82 Å². The third kappa shape index (κ3) is 2.96. The predicted molar refractivity (Wildman–Crippen MR) is 91.9 cm³/mol. The first-order valence-corrected chi connectivity index (χ1v) is 8.44. The van der Waals surface area contributed by atoms with Gasteiger partial charge in [-0.3, -0.25) is 0 Å². The van der Waals surface area contributed by atoms with E-state index in [-0.39, 0.29) is 10.8 Å². The van der Waals surface area contributed by atoms with Crippen molar-refractivity contribution in [3.8, 4) is 16.4 Å². The third-order valence-electron chi connectivity index (χ3n) is 3.85. The van der Waals surface area contributed by atoms with Gasteiger partial charge >= 0.3 is 6.18 Å². The van der Waals surface area contributed by atoms with Crippen molar-refractivity contribution in [3.63, 3.8) is 0 Å². The lowest BCUT2D eigenvalue weighted by Crippen LogP contribution is -2.12. The van der Waals surface area contributed by atoms with E-state index in [4.69, 9.17) is 0 Å². The highest BCUT2D eigenvalue weighted by Crippen LogP contribution is 2.36. The summed E-state index contributed by atoms with van der Waals surface area (Å²) in [7, 11) is 0. The van der Waals surface area contributed by atoms with Gasteiger partial charge in [0.2, 0.25) is 5.13 Å². The van der Waals surface area contributed by atoms with Crippen LogP contribution in [0, 0.1) is 12.7 Å². The van der Waals surface area contributed by atoms with E-state index >= 15 is 0 Å². The summed E-state index contributed by atoms with van der Waals surface area (Å²) in [5.74, 6) is -0.467. The molecule has 0 atom stereocenters. The number of aromatic nitrogens is 3. The van der Waals surface area contributed by atoms with Gasteiger partial charge in [-0.2, -0.15) is 18.3 Å². The summed E-state index contributed by atoms with van der Waals surface area (Å²) in [6.07, 6.45) is -4.60. The standard InChI is InChI=1S/C18H11F4N3S/c1-10-2-7-13-15(8-10)26-17(23-13)25-16(18(20,21)22)9-14(24-25)11-3-5-12(19)6-4-11/h2-9H,1H3. The number of alkyl halides is 3. The number of benzene rings is 2. The molecule has 0 aliphatic heterocycles. The van der Waals surface area contributed by atoms with Crippen LogP contribution in [0.25, 0.3) is 26.6 Å². The molecule has 4 aromatic rings. The number of fused-ring (bicyclic) bond motifs is 1. The fourth-order valence-electron chi connectivity index (χ4n) is 2.60. The van der Waals surface area contributed by atoms with Gasteiger partial charge in [0.15, 0.2) is 5.69 Å². The first-order chi connectivity index (χ1) is 12.3. The predicted octanol–water partition coefficient (Wildman–Crippen LogP) is 5.62. The van der Waals surface area contributed by atoms with Crippen LogP contribution in [0.4, 0.5) is 17.6 Å². The Hall–Kier alpha value is -2.74. The molecule has 2 aromatic carbocycles. The zero-order chi connectivity index (χ0) is 18.5. The second-order valence-electron chi connectivity index (χ2n) is 5.80. The van der Waals surface area contributed by atoms with Gasteiger partial charge in [-0.1, -0.05) is 17.4 Å². The average molecular weight is 377 g/mol. The first kappa shape index (κ1) is 16.7. The molecule has 0 unspecified atom stereocenters. The van der Waals surface area contributed by atoms with E-state index in [1.807, 2.05) is 19.1 Å². The van der Waals surface area contributed by atoms with Gasteiger partial charge in [-0.15, -0.1) is 0 Å². The van der Waals surface area contributed by atoms with Crippen LogP contribution in [0.3, 0.4) is 0 Å². The van der Waals surface area contributed by atoms with Crippen molar-refractivity contribution < 1.29 is 17.6 Å². The maximum atomic E-state index is 13.5. The number of nitrogens with zero attached hydrogens (tertiary/aromatic N) is 3. The van der Waals surface area contributed by atoms with E-state index < -0.39 is 17.7 Å². The first-order valence-electron chi connectivity index (χ1n) is 7.62. The van der Waals surface area contributed by atoms with Crippen molar-refractivity contribution >= 4 is 21.6 Å². The lowest BCUT2D eigenvalue weighted by molar-refractivity contribution is -0.142. The fraction of sp³-hybridized carbons (Fsp3) is 0.111. The Labute approximate surface area is 149 Å². The highest BCUT2D eigenvalue weighted by Gasteiger charge is 2.37. The fourth-order valence-corrected chi connectivity index (χ4v) is 3.63. The molecule has 132 valence electrons. The molecular formula is C18H11F4N3S. The second-order valence-corrected chi connectivity index (χ2v) is 6.81. The maximum absolute atomic E-state index is 13.5. The van der Waals surface area contributed by atoms with Crippen LogP contribution < -0.4 is 0 Å². The van der Waals surface area contributed by atoms with Crippen LogP contribution in [-0.4, -0.2) is 14.8 Å². The van der Waals surface area contributed by atoms with Crippen molar-refractivity contribution in [2.24, 2.45) is 0 Å². The minimum Gasteiger partial charge on any atom is -0.218 e. The average Bonchev–Trinajstić information content (AvgIpc) is 3.18. The number of thiazole rings is 1. The van der Waals surface area contributed by atoms with Gasteiger partial charge in [-0.05, 0) is 55.0 Å². The Kier molecular flexibility index (Phi) is 3.80. The van der Waals surface area contributed by atoms with E-state index in [0.717, 1.165) is 32.3 Å². The summed E-state index contributed by atoms with van der Waals surface area (Å²) >= 11 is 1.14. The second kappa shape index (κ2) is 5.91. The largest absolute Gasteiger partial charge is 0.433 e. The molecule has 0 spiro atoms. The minimum atomic E-state index is -4.60. The summed E-state index contributed by atoms with van der Waals surface area (Å²) in [6.45, 7) is 1.90. The van der Waals surface area contributed by atoms with Gasteiger partial charge in [0.25, 0.3) is 0 Å². The Bertz CT molecular complexity index is 1090. The van der Waals surface area contributed by atoms with Crippen molar-refractivity contribution in [3.05, 3.63) is 65.6 Å². The zero-order valence-electron chi connectivity index (χ0n) is 13.4. The van der Waals surface area contributed by atoms with Crippen molar-refractivity contribution in [1.82, 2.24) is 14.8 Å². The summed E-state index contributed by atoms with van der Waals surface area (Å²) in [5, 5.41) is 4.22. The third-order valence-corrected chi connectivity index (χ3v) is 4.85. The molecular weight excluding hydrogens is 366 g/mol. The molecule has 0 saturated carbocycles. The van der Waals surface area contributed by atoms with E-state index in [1.165, 1.54) is 24.3 Å². The smallest absolute Gasteiger partial charge is 0.218 e. The van der Waals surface area contributed by atoms with Gasteiger partial charge in [0.05, 0.1) is 15.9 Å². The molecule has 0 fully saturated rings. The number of hydrogen-bond acceptors (Lipinski definition) is 3. The topological polar surface area (TPSA) is 30.7 Å². The van der Waals surface area contributed by atoms with Crippen LogP contribution in [0.5, 0.6) is 0 Å². The van der Waals surface area contributed by atoms with E-state index in [9.17, 15) is 17.6 Å². The highest BCUT2D eigenvalue weighted by molar-refractivity contribution is 7.20. The van der Waals surface area contributed by atoms with Crippen molar-refractivity contribution in [2.75, 3.05) is 0 Å². The number of rotatable bonds is 2. The summed E-state index contributed by atoms with van der Waals surface area (Å²) in [6, 6.07) is 11.6. The van der Waals surface area contributed by atoms with Crippen LogP contribution in [-0.2, 0) is 6.18 Å². The number of aryl methyl sites for hydroxylation is 1. The summed E-state index contributed by atoms with van der Waals surface area (Å²) in [5.41, 5.74) is 1.19. The quantitative estimate of drug-likeness (QED) is 0.425. The Morgan fingerprint density at radius 1 is 1.00 bits per heavy atom. The zero-order valence-corrected chi connectivity index (χ0v) is 14.2. The van der Waals surface area contributed by atoms with E-state index in [1.54, 1.807) is 6.07 Å². The molecule has 0 amide bonds. The minimum absolute atomic E-state index is 0.104. The van der Waals surface area contributed by atoms with E-state index in [0.29, 0.717) is 11.1 Å². The Morgan fingerprint density at radius 3 is 2.42 bits per heavy atom. The molecule has 0 N–H and O–H groups in total. The lowest BCUT2D eigenvalue weighted by atomic mass is 10.1. The molecule has 4 rings (SSSR count). The summed E-state index contributed by atoms with van der Waals surface area (Å²) in [4.78, 5) is 4.28. The molecule has 0 radical (unpaired) electrons. The van der Waals surface area contributed by atoms with Gasteiger partial charge in [-0.25, -0.2) is 14.1 Å². The SMILES string of the molecule is Cc1ccc2nc(-n3nc(-c4ccc(F)cc4)cc3C(F)(F)F)sc2c1. The molecule has 0 bridgehead atoms. The molecule has 0 saturated heterocycles. The van der Waals surface area contributed by atoms with Crippen LogP contribution >= 0.6 is 11.3 Å². The van der Waals surface area contributed by atoms with Gasteiger partial charge in [0, 0.05) is 5.56 Å². The molecule has 0 aliphatic carbocycles. The monoisotopic (exact) mass is 377 g/mol. The highest BCUT2D eigenvalue weighted by atomic mass is 32.1. The Morgan fingerprint density at radius 2 is 1.73 bits per heavy atom. The van der Waals surface area contributed by atoms with Crippen LogP contribution in [0.15, 0.2) is 48.5 Å².